The third kappa shape index (κ3) is 4.52. The molecule has 1 aromatic rings. The molecule has 0 aliphatic carbocycles. The van der Waals surface area contributed by atoms with E-state index in [-0.39, 0.29) is 24.5 Å². The van der Waals surface area contributed by atoms with E-state index in [1.807, 2.05) is 46.2 Å². The lowest BCUT2D eigenvalue weighted by atomic mass is 9.83. The smallest absolute Gasteiger partial charge is 0.246 e. The zero-order chi connectivity index (χ0) is 18.4. The Morgan fingerprint density at radius 2 is 2.00 bits per heavy atom. The Morgan fingerprint density at radius 1 is 1.19 bits per heavy atom. The topological polar surface area (TPSA) is 60.9 Å². The van der Waals surface area contributed by atoms with E-state index in [1.165, 1.54) is 0 Å². The first-order valence-corrected chi connectivity index (χ1v) is 9.61. The SMILES string of the molecule is O=C(C=Cc1ccccc1)N1CC[C@@H]2[C@@H](CCC(=O)N2CCCCO)C1. The molecule has 2 saturated heterocycles. The van der Waals surface area contributed by atoms with Crippen LogP contribution in [0.3, 0.4) is 0 Å². The maximum atomic E-state index is 12.5. The third-order valence-electron chi connectivity index (χ3n) is 5.48. The predicted molar refractivity (Wildman–Crippen MR) is 101 cm³/mol. The Kier molecular flexibility index (Phi) is 6.45. The zero-order valence-corrected chi connectivity index (χ0v) is 15.2. The Labute approximate surface area is 155 Å². The van der Waals surface area contributed by atoms with Gasteiger partial charge in [-0.25, -0.2) is 0 Å². The van der Waals surface area contributed by atoms with Crippen LogP contribution in [0.1, 0.15) is 37.7 Å². The minimum absolute atomic E-state index is 0.0519. The van der Waals surface area contributed by atoms with Crippen molar-refractivity contribution in [1.82, 2.24) is 9.80 Å². The summed E-state index contributed by atoms with van der Waals surface area (Å²) in [6.45, 7) is 2.32. The van der Waals surface area contributed by atoms with E-state index in [4.69, 9.17) is 5.11 Å². The standard InChI is InChI=1S/C21H28N2O3/c24-15-5-4-13-23-19-12-14-22(16-18(19)9-11-21(23)26)20(25)10-8-17-6-2-1-3-7-17/h1-3,6-8,10,18-19,24H,4-5,9,11-16H2/t18-,19+/m0/s1. The lowest BCUT2D eigenvalue weighted by molar-refractivity contribution is -0.143. The number of aliphatic hydroxyl groups excluding tert-OH is 1. The molecule has 3 rings (SSSR count). The number of aliphatic hydroxyl groups is 1. The van der Waals surface area contributed by atoms with Gasteiger partial charge < -0.3 is 14.9 Å². The first kappa shape index (κ1) is 18.6. The molecule has 2 fully saturated rings. The van der Waals surface area contributed by atoms with Crippen molar-refractivity contribution in [3.8, 4) is 0 Å². The van der Waals surface area contributed by atoms with Crippen LogP contribution in [0.2, 0.25) is 0 Å². The highest BCUT2D eigenvalue weighted by Crippen LogP contribution is 2.31. The van der Waals surface area contributed by atoms with Crippen LogP contribution in [0.15, 0.2) is 36.4 Å². The molecule has 2 atom stereocenters. The van der Waals surface area contributed by atoms with Gasteiger partial charge in [0.1, 0.15) is 0 Å². The summed E-state index contributed by atoms with van der Waals surface area (Å²) >= 11 is 0. The highest BCUT2D eigenvalue weighted by molar-refractivity contribution is 5.92. The van der Waals surface area contributed by atoms with Gasteiger partial charge >= 0.3 is 0 Å². The minimum atomic E-state index is 0.0519. The fraction of sp³-hybridized carbons (Fsp3) is 0.524. The van der Waals surface area contributed by atoms with Gasteiger partial charge in [0, 0.05) is 44.8 Å². The monoisotopic (exact) mass is 356 g/mol. The lowest BCUT2D eigenvalue weighted by Crippen LogP contribution is -2.56. The second-order valence-corrected chi connectivity index (χ2v) is 7.20. The van der Waals surface area contributed by atoms with Crippen molar-refractivity contribution in [2.45, 2.75) is 38.1 Å². The number of hydrogen-bond donors (Lipinski definition) is 1. The van der Waals surface area contributed by atoms with Gasteiger partial charge in [-0.05, 0) is 43.2 Å². The minimum Gasteiger partial charge on any atom is -0.396 e. The molecule has 2 aliphatic heterocycles. The fourth-order valence-electron chi connectivity index (χ4n) is 4.07. The molecule has 140 valence electrons. The van der Waals surface area contributed by atoms with E-state index in [2.05, 4.69) is 0 Å². The van der Waals surface area contributed by atoms with Gasteiger partial charge in [0.25, 0.3) is 0 Å². The molecule has 1 N–H and O–H groups in total. The van der Waals surface area contributed by atoms with Gasteiger partial charge in [-0.2, -0.15) is 0 Å². The maximum Gasteiger partial charge on any atom is 0.246 e. The highest BCUT2D eigenvalue weighted by atomic mass is 16.3. The summed E-state index contributed by atoms with van der Waals surface area (Å²) in [4.78, 5) is 28.7. The number of piperidine rings is 2. The van der Waals surface area contributed by atoms with Crippen molar-refractivity contribution in [2.75, 3.05) is 26.2 Å². The summed E-state index contributed by atoms with van der Waals surface area (Å²) in [6.07, 6.45) is 7.38. The van der Waals surface area contributed by atoms with Crippen LogP contribution in [-0.4, -0.2) is 59.0 Å². The molecule has 2 amide bonds. The molecular formula is C21H28N2O3. The van der Waals surface area contributed by atoms with E-state index >= 15 is 0 Å². The number of fused-ring (bicyclic) bond motifs is 1. The number of likely N-dealkylation sites (tertiary alicyclic amines) is 2. The van der Waals surface area contributed by atoms with E-state index in [0.717, 1.165) is 44.3 Å². The van der Waals surface area contributed by atoms with Crippen LogP contribution >= 0.6 is 0 Å². The number of carbonyl (C=O) groups is 2. The number of unbranched alkanes of at least 4 members (excludes halogenated alkanes) is 1. The van der Waals surface area contributed by atoms with E-state index in [1.54, 1.807) is 6.08 Å². The van der Waals surface area contributed by atoms with Crippen LogP contribution in [-0.2, 0) is 9.59 Å². The van der Waals surface area contributed by atoms with E-state index in [0.29, 0.717) is 18.9 Å². The summed E-state index contributed by atoms with van der Waals surface area (Å²) in [7, 11) is 0. The Hall–Kier alpha value is -2.14. The molecular weight excluding hydrogens is 328 g/mol. The first-order valence-electron chi connectivity index (χ1n) is 9.61. The molecule has 2 aliphatic rings. The van der Waals surface area contributed by atoms with Gasteiger partial charge in [0.2, 0.25) is 11.8 Å². The largest absolute Gasteiger partial charge is 0.396 e. The lowest BCUT2D eigenvalue weighted by Gasteiger charge is -2.47. The summed E-state index contributed by atoms with van der Waals surface area (Å²) in [6, 6.07) is 10.1. The van der Waals surface area contributed by atoms with Crippen molar-refractivity contribution in [1.29, 1.82) is 0 Å². The molecule has 2 heterocycles. The average molecular weight is 356 g/mol. The molecule has 0 unspecified atom stereocenters. The molecule has 0 radical (unpaired) electrons. The van der Waals surface area contributed by atoms with Crippen LogP contribution in [0, 0.1) is 5.92 Å². The molecule has 1 aromatic carbocycles. The number of amides is 2. The Balaban J connectivity index is 1.58. The molecule has 5 heteroatoms. The van der Waals surface area contributed by atoms with E-state index < -0.39 is 0 Å². The van der Waals surface area contributed by atoms with Crippen LogP contribution in [0.25, 0.3) is 6.08 Å². The second kappa shape index (κ2) is 8.99. The maximum absolute atomic E-state index is 12.5. The molecule has 0 bridgehead atoms. The number of rotatable bonds is 6. The summed E-state index contributed by atoms with van der Waals surface area (Å²) in [5, 5.41) is 8.97. The number of nitrogens with zero attached hydrogens (tertiary/aromatic N) is 2. The van der Waals surface area contributed by atoms with Crippen molar-refractivity contribution in [3.63, 3.8) is 0 Å². The normalized spacial score (nSPS) is 23.3. The number of benzene rings is 1. The van der Waals surface area contributed by atoms with Gasteiger partial charge in [-0.3, -0.25) is 9.59 Å². The second-order valence-electron chi connectivity index (χ2n) is 7.20. The number of carbonyl (C=O) groups excluding carboxylic acids is 2. The molecule has 0 aromatic heterocycles. The quantitative estimate of drug-likeness (QED) is 0.628. The summed E-state index contributed by atoms with van der Waals surface area (Å²) in [5.41, 5.74) is 1.02. The van der Waals surface area contributed by atoms with Crippen LogP contribution in [0.4, 0.5) is 0 Å². The van der Waals surface area contributed by atoms with Gasteiger partial charge in [0.15, 0.2) is 0 Å². The van der Waals surface area contributed by atoms with Crippen molar-refractivity contribution in [2.24, 2.45) is 5.92 Å². The van der Waals surface area contributed by atoms with Crippen molar-refractivity contribution >= 4 is 17.9 Å². The van der Waals surface area contributed by atoms with Crippen LogP contribution in [0.5, 0.6) is 0 Å². The third-order valence-corrected chi connectivity index (χ3v) is 5.48. The van der Waals surface area contributed by atoms with Crippen LogP contribution < -0.4 is 0 Å². The zero-order valence-electron chi connectivity index (χ0n) is 15.2. The fourth-order valence-corrected chi connectivity index (χ4v) is 4.07. The summed E-state index contributed by atoms with van der Waals surface area (Å²) in [5.74, 6) is 0.647. The highest BCUT2D eigenvalue weighted by Gasteiger charge is 2.39. The van der Waals surface area contributed by atoms with Gasteiger partial charge in [-0.1, -0.05) is 30.3 Å². The predicted octanol–water partition coefficient (Wildman–Crippen LogP) is 2.31. The van der Waals surface area contributed by atoms with Gasteiger partial charge in [-0.15, -0.1) is 0 Å². The Bertz CT molecular complexity index is 644. The van der Waals surface area contributed by atoms with E-state index in [9.17, 15) is 9.59 Å². The molecule has 0 spiro atoms. The van der Waals surface area contributed by atoms with Gasteiger partial charge in [0.05, 0.1) is 0 Å². The molecule has 0 saturated carbocycles. The average Bonchev–Trinajstić information content (AvgIpc) is 2.68. The summed E-state index contributed by atoms with van der Waals surface area (Å²) < 4.78 is 0. The molecule has 5 nitrogen and oxygen atoms in total. The first-order chi connectivity index (χ1) is 12.7. The van der Waals surface area contributed by atoms with Crippen molar-refractivity contribution < 1.29 is 14.7 Å². The number of hydrogen-bond acceptors (Lipinski definition) is 3. The molecule has 26 heavy (non-hydrogen) atoms. The Morgan fingerprint density at radius 3 is 2.77 bits per heavy atom. The van der Waals surface area contributed by atoms with Crippen molar-refractivity contribution in [3.05, 3.63) is 42.0 Å².